The monoisotopic (exact) mass is 443 g/mol. The van der Waals surface area contributed by atoms with Gasteiger partial charge >= 0.3 is 0 Å². The van der Waals surface area contributed by atoms with Gasteiger partial charge in [-0.3, -0.25) is 4.57 Å². The van der Waals surface area contributed by atoms with Crippen LogP contribution in [-0.2, 0) is 9.47 Å². The van der Waals surface area contributed by atoms with Gasteiger partial charge in [-0.25, -0.2) is 13.8 Å². The quantitative estimate of drug-likeness (QED) is 0.608. The highest BCUT2D eigenvalue weighted by atomic mass is 19.3. The molecule has 3 saturated heterocycles. The number of morpholine rings is 2. The van der Waals surface area contributed by atoms with E-state index in [2.05, 4.69) is 14.9 Å². The third-order valence-corrected chi connectivity index (χ3v) is 6.35. The van der Waals surface area contributed by atoms with Crippen molar-refractivity contribution in [1.82, 2.24) is 24.5 Å². The summed E-state index contributed by atoms with van der Waals surface area (Å²) in [7, 11) is 0. The Morgan fingerprint density at radius 3 is 2.28 bits per heavy atom. The zero-order chi connectivity index (χ0) is 21.7. The number of rotatable bonds is 4. The Labute approximate surface area is 183 Å². The molecule has 3 aliphatic heterocycles. The van der Waals surface area contributed by atoms with Crippen molar-refractivity contribution in [2.24, 2.45) is 0 Å². The second kappa shape index (κ2) is 7.89. The number of anilines is 2. The normalized spacial score (nSPS) is 23.5. The largest absolute Gasteiger partial charge is 0.378 e. The maximum absolute atomic E-state index is 14.0. The Bertz CT molecular complexity index is 1120. The second-order valence-electron chi connectivity index (χ2n) is 8.26. The van der Waals surface area contributed by atoms with Crippen LogP contribution >= 0.6 is 0 Å². The van der Waals surface area contributed by atoms with Crippen LogP contribution in [0.2, 0.25) is 0 Å². The lowest BCUT2D eigenvalue weighted by Gasteiger charge is -2.35. The van der Waals surface area contributed by atoms with Crippen LogP contribution in [0.25, 0.3) is 17.0 Å². The minimum atomic E-state index is -2.77. The molecule has 2 bridgehead atoms. The third-order valence-electron chi connectivity index (χ3n) is 6.35. The molecule has 1 aromatic carbocycles. The van der Waals surface area contributed by atoms with Gasteiger partial charge < -0.3 is 19.3 Å². The zero-order valence-electron chi connectivity index (χ0n) is 17.4. The molecule has 0 saturated carbocycles. The highest BCUT2D eigenvalue weighted by Crippen LogP contribution is 2.34. The molecule has 2 atom stereocenters. The smallest absolute Gasteiger partial charge is 0.296 e. The SMILES string of the molecule is FC(F)c1nc2ccccc2n1-c1nc(N2CCOCC2)nc(N2C3CCC2COC3)n1. The van der Waals surface area contributed by atoms with Gasteiger partial charge in [-0.2, -0.15) is 15.0 Å². The Morgan fingerprint density at radius 2 is 1.53 bits per heavy atom. The van der Waals surface area contributed by atoms with Crippen LogP contribution in [0.5, 0.6) is 0 Å². The Morgan fingerprint density at radius 1 is 0.844 bits per heavy atom. The lowest BCUT2D eigenvalue weighted by Crippen LogP contribution is -2.47. The first-order valence-electron chi connectivity index (χ1n) is 10.9. The fraction of sp³-hybridized carbons (Fsp3) is 0.524. The third kappa shape index (κ3) is 3.27. The van der Waals surface area contributed by atoms with Gasteiger partial charge in [0.2, 0.25) is 17.8 Å². The molecule has 3 fully saturated rings. The number of alkyl halides is 2. The molecule has 11 heteroatoms. The Balaban J connectivity index is 1.53. The van der Waals surface area contributed by atoms with Crippen molar-refractivity contribution in [2.45, 2.75) is 31.4 Å². The van der Waals surface area contributed by atoms with E-state index in [-0.39, 0.29) is 23.9 Å². The number of para-hydroxylation sites is 2. The fourth-order valence-corrected chi connectivity index (χ4v) is 4.82. The van der Waals surface area contributed by atoms with Gasteiger partial charge in [-0.1, -0.05) is 12.1 Å². The Kier molecular flexibility index (Phi) is 4.87. The molecule has 0 spiro atoms. The molecule has 5 heterocycles. The van der Waals surface area contributed by atoms with Crippen LogP contribution in [0.1, 0.15) is 25.1 Å². The average molecular weight is 443 g/mol. The zero-order valence-corrected chi connectivity index (χ0v) is 17.4. The summed E-state index contributed by atoms with van der Waals surface area (Å²) < 4.78 is 40.5. The number of fused-ring (bicyclic) bond motifs is 3. The number of aromatic nitrogens is 5. The van der Waals surface area contributed by atoms with E-state index in [4.69, 9.17) is 19.4 Å². The number of nitrogens with zero attached hydrogens (tertiary/aromatic N) is 7. The van der Waals surface area contributed by atoms with Crippen molar-refractivity contribution in [1.29, 1.82) is 0 Å². The van der Waals surface area contributed by atoms with Gasteiger partial charge in [0, 0.05) is 13.1 Å². The summed E-state index contributed by atoms with van der Waals surface area (Å²) in [5, 5.41) is 0. The number of imidazole rings is 1. The lowest BCUT2D eigenvalue weighted by atomic mass is 10.2. The molecular formula is C21H23F2N7O2. The number of hydrogen-bond acceptors (Lipinski definition) is 8. The van der Waals surface area contributed by atoms with Crippen LogP contribution in [0.3, 0.4) is 0 Å². The summed E-state index contributed by atoms with van der Waals surface area (Å²) in [6.45, 7) is 3.61. The molecule has 0 radical (unpaired) electrons. The molecule has 0 amide bonds. The maximum Gasteiger partial charge on any atom is 0.296 e. The van der Waals surface area contributed by atoms with E-state index in [1.165, 1.54) is 4.57 Å². The van der Waals surface area contributed by atoms with Gasteiger partial charge in [0.1, 0.15) is 0 Å². The first-order chi connectivity index (χ1) is 15.7. The van der Waals surface area contributed by atoms with Crippen LogP contribution < -0.4 is 9.80 Å². The summed E-state index contributed by atoms with van der Waals surface area (Å²) in [6, 6.07) is 7.39. The summed E-state index contributed by atoms with van der Waals surface area (Å²) in [4.78, 5) is 22.5. The van der Waals surface area contributed by atoms with E-state index in [1.807, 2.05) is 4.90 Å². The molecule has 9 nitrogen and oxygen atoms in total. The fourth-order valence-electron chi connectivity index (χ4n) is 4.82. The van der Waals surface area contributed by atoms with Crippen molar-refractivity contribution < 1.29 is 18.3 Å². The summed E-state index contributed by atoms with van der Waals surface area (Å²) >= 11 is 0. The topological polar surface area (TPSA) is 81.4 Å². The van der Waals surface area contributed by atoms with Crippen molar-refractivity contribution in [3.05, 3.63) is 30.1 Å². The van der Waals surface area contributed by atoms with E-state index < -0.39 is 6.43 Å². The van der Waals surface area contributed by atoms with E-state index in [0.29, 0.717) is 62.4 Å². The number of ether oxygens (including phenoxy) is 2. The van der Waals surface area contributed by atoms with E-state index in [0.717, 1.165) is 12.8 Å². The molecule has 3 aliphatic rings. The van der Waals surface area contributed by atoms with Crippen molar-refractivity contribution in [2.75, 3.05) is 49.3 Å². The molecule has 3 aromatic rings. The van der Waals surface area contributed by atoms with Gasteiger partial charge in [0.15, 0.2) is 5.82 Å². The van der Waals surface area contributed by atoms with E-state index in [1.54, 1.807) is 24.3 Å². The summed E-state index contributed by atoms with van der Waals surface area (Å²) in [5.74, 6) is 0.759. The minimum Gasteiger partial charge on any atom is -0.378 e. The number of hydrogen-bond donors (Lipinski definition) is 0. The van der Waals surface area contributed by atoms with Gasteiger partial charge in [-0.05, 0) is 25.0 Å². The van der Waals surface area contributed by atoms with Crippen LogP contribution in [-0.4, -0.2) is 76.1 Å². The van der Waals surface area contributed by atoms with Gasteiger partial charge in [-0.15, -0.1) is 0 Å². The predicted molar refractivity (Wildman–Crippen MR) is 113 cm³/mol. The van der Waals surface area contributed by atoms with Crippen molar-refractivity contribution in [3.63, 3.8) is 0 Å². The molecule has 168 valence electrons. The summed E-state index contributed by atoms with van der Waals surface area (Å²) in [5.41, 5.74) is 1.02. The highest BCUT2D eigenvalue weighted by Gasteiger charge is 2.40. The number of halogens is 2. The Hall–Kier alpha value is -2.92. The summed E-state index contributed by atoms with van der Waals surface area (Å²) in [6.07, 6.45) is -0.780. The molecule has 0 N–H and O–H groups in total. The standard InChI is InChI=1S/C21H23F2N7O2/c22-17(23)18-24-15-3-1-2-4-16(15)30(18)21-26-19(28-7-9-31-10-8-28)25-20(27-21)29-13-5-6-14(29)12-32-11-13/h1-4,13-14,17H,5-12H2. The van der Waals surface area contributed by atoms with Gasteiger partial charge in [0.25, 0.3) is 6.43 Å². The van der Waals surface area contributed by atoms with E-state index >= 15 is 0 Å². The average Bonchev–Trinajstić information content (AvgIpc) is 3.34. The van der Waals surface area contributed by atoms with Crippen molar-refractivity contribution in [3.8, 4) is 5.95 Å². The first-order valence-corrected chi connectivity index (χ1v) is 10.9. The van der Waals surface area contributed by atoms with Crippen LogP contribution in [0, 0.1) is 0 Å². The highest BCUT2D eigenvalue weighted by molar-refractivity contribution is 5.77. The molecule has 2 aromatic heterocycles. The second-order valence-corrected chi connectivity index (χ2v) is 8.26. The van der Waals surface area contributed by atoms with E-state index in [9.17, 15) is 8.78 Å². The lowest BCUT2D eigenvalue weighted by molar-refractivity contribution is 0.0897. The van der Waals surface area contributed by atoms with Gasteiger partial charge in [0.05, 0.1) is 49.5 Å². The maximum atomic E-state index is 14.0. The molecule has 32 heavy (non-hydrogen) atoms. The predicted octanol–water partition coefficient (Wildman–Crippen LogP) is 2.35. The molecular weight excluding hydrogens is 420 g/mol. The molecule has 6 rings (SSSR count). The molecule has 2 unspecified atom stereocenters. The van der Waals surface area contributed by atoms with Crippen LogP contribution in [0.4, 0.5) is 20.7 Å². The molecule has 0 aliphatic carbocycles. The van der Waals surface area contributed by atoms with Crippen molar-refractivity contribution >= 4 is 22.9 Å². The minimum absolute atomic E-state index is 0.159. The first kappa shape index (κ1) is 19.7. The van der Waals surface area contributed by atoms with Crippen LogP contribution in [0.15, 0.2) is 24.3 Å². The number of benzene rings is 1.